The molecule has 1 heterocycles. The maximum Gasteiger partial charge on any atom is 0.239 e. The number of aryl methyl sites for hydroxylation is 1. The summed E-state index contributed by atoms with van der Waals surface area (Å²) < 4.78 is 0. The third kappa shape index (κ3) is 2.91. The van der Waals surface area contributed by atoms with Crippen LogP contribution in [0.25, 0.3) is 0 Å². The summed E-state index contributed by atoms with van der Waals surface area (Å²) in [6.45, 7) is 1.94. The minimum atomic E-state index is 0.392. The van der Waals surface area contributed by atoms with Gasteiger partial charge in [0.05, 0.1) is 0 Å². The maximum absolute atomic E-state index is 5.29. The quantitative estimate of drug-likeness (QED) is 0.446. The van der Waals surface area contributed by atoms with E-state index >= 15 is 0 Å². The monoisotopic (exact) mass is 261 g/mol. The lowest BCUT2D eigenvalue weighted by atomic mass is 10.3. The molecule has 0 fully saturated rings. The Bertz CT molecular complexity index is 526. The molecule has 0 aliphatic heterocycles. The predicted molar refractivity (Wildman–Crippen MR) is 76.1 cm³/mol. The summed E-state index contributed by atoms with van der Waals surface area (Å²) in [6.07, 6.45) is 3.77. The van der Waals surface area contributed by atoms with Crippen molar-refractivity contribution in [3.05, 3.63) is 36.0 Å². The molecule has 0 unspecified atom stereocenters. The van der Waals surface area contributed by atoms with Crippen LogP contribution in [-0.4, -0.2) is 16.2 Å². The normalized spacial score (nSPS) is 10.2. The Kier molecular flexibility index (Phi) is 4.01. The van der Waals surface area contributed by atoms with E-state index in [1.807, 2.05) is 19.1 Å². The van der Waals surface area contributed by atoms with Gasteiger partial charge in [0.2, 0.25) is 5.95 Å². The van der Waals surface area contributed by atoms with Gasteiger partial charge < -0.3 is 5.32 Å². The molecule has 1 aromatic carbocycles. The molecule has 18 heavy (non-hydrogen) atoms. The lowest BCUT2D eigenvalue weighted by Crippen LogP contribution is -2.11. The van der Waals surface area contributed by atoms with Crippen molar-refractivity contribution < 1.29 is 0 Å². The summed E-state index contributed by atoms with van der Waals surface area (Å²) in [5, 5.41) is 3.24. The van der Waals surface area contributed by atoms with Gasteiger partial charge in [0.1, 0.15) is 5.82 Å². The molecular formula is C12H15N5S. The number of rotatable bonds is 4. The molecule has 4 N–H and O–H groups in total. The highest BCUT2D eigenvalue weighted by Crippen LogP contribution is 2.21. The molecule has 0 saturated carbocycles. The van der Waals surface area contributed by atoms with Gasteiger partial charge in [0.15, 0.2) is 0 Å². The Morgan fingerprint density at radius 2 is 1.94 bits per heavy atom. The molecule has 0 bridgehead atoms. The van der Waals surface area contributed by atoms with Crippen molar-refractivity contribution in [2.45, 2.75) is 11.8 Å². The zero-order valence-electron chi connectivity index (χ0n) is 10.3. The number of anilines is 3. The molecule has 1 aromatic heterocycles. The van der Waals surface area contributed by atoms with Crippen molar-refractivity contribution in [1.29, 1.82) is 0 Å². The summed E-state index contributed by atoms with van der Waals surface area (Å²) in [6, 6.07) is 8.16. The van der Waals surface area contributed by atoms with E-state index in [0.717, 1.165) is 17.1 Å². The first-order valence-electron chi connectivity index (χ1n) is 5.44. The molecule has 94 valence electrons. The Balaban J connectivity index is 2.21. The third-order valence-electron chi connectivity index (χ3n) is 2.45. The summed E-state index contributed by atoms with van der Waals surface area (Å²) in [4.78, 5) is 9.53. The number of aromatic nitrogens is 2. The van der Waals surface area contributed by atoms with Crippen LogP contribution in [0.15, 0.2) is 35.4 Å². The van der Waals surface area contributed by atoms with E-state index in [2.05, 4.69) is 39.1 Å². The van der Waals surface area contributed by atoms with Crippen molar-refractivity contribution in [1.82, 2.24) is 9.97 Å². The SMILES string of the molecule is CSc1ccc(Nc2nc(NN)ncc2C)cc1. The lowest BCUT2D eigenvalue weighted by molar-refractivity contribution is 1.09. The fourth-order valence-electron chi connectivity index (χ4n) is 1.45. The molecule has 0 aliphatic carbocycles. The second kappa shape index (κ2) is 5.70. The van der Waals surface area contributed by atoms with Gasteiger partial charge in [-0.3, -0.25) is 5.43 Å². The van der Waals surface area contributed by atoms with Crippen LogP contribution in [0.1, 0.15) is 5.56 Å². The Morgan fingerprint density at radius 1 is 1.22 bits per heavy atom. The first-order chi connectivity index (χ1) is 8.72. The van der Waals surface area contributed by atoms with E-state index in [9.17, 15) is 0 Å². The molecule has 0 amide bonds. The smallest absolute Gasteiger partial charge is 0.239 e. The number of hydrogen-bond donors (Lipinski definition) is 3. The van der Waals surface area contributed by atoms with Gasteiger partial charge in [0.25, 0.3) is 0 Å². The molecule has 5 nitrogen and oxygen atoms in total. The van der Waals surface area contributed by atoms with Gasteiger partial charge in [-0.1, -0.05) is 0 Å². The molecule has 0 aliphatic rings. The average molecular weight is 261 g/mol. The first kappa shape index (κ1) is 12.7. The number of benzene rings is 1. The van der Waals surface area contributed by atoms with E-state index < -0.39 is 0 Å². The van der Waals surface area contributed by atoms with Crippen molar-refractivity contribution in [3.63, 3.8) is 0 Å². The highest BCUT2D eigenvalue weighted by molar-refractivity contribution is 7.98. The summed E-state index contributed by atoms with van der Waals surface area (Å²) in [5.74, 6) is 6.43. The molecule has 2 aromatic rings. The number of nitrogens with two attached hydrogens (primary N) is 1. The highest BCUT2D eigenvalue weighted by Gasteiger charge is 2.03. The lowest BCUT2D eigenvalue weighted by Gasteiger charge is -2.09. The predicted octanol–water partition coefficient (Wildman–Crippen LogP) is 2.54. The molecule has 6 heteroatoms. The van der Waals surface area contributed by atoms with Crippen molar-refractivity contribution in [2.24, 2.45) is 5.84 Å². The molecule has 0 spiro atoms. The van der Waals surface area contributed by atoms with E-state index in [1.54, 1.807) is 18.0 Å². The first-order valence-corrected chi connectivity index (χ1v) is 6.66. The van der Waals surface area contributed by atoms with Crippen LogP contribution in [0.4, 0.5) is 17.5 Å². The minimum Gasteiger partial charge on any atom is -0.340 e. The van der Waals surface area contributed by atoms with E-state index in [1.165, 1.54) is 4.90 Å². The van der Waals surface area contributed by atoms with Crippen LogP contribution in [0.5, 0.6) is 0 Å². The maximum atomic E-state index is 5.29. The summed E-state index contributed by atoms with van der Waals surface area (Å²) >= 11 is 1.71. The summed E-state index contributed by atoms with van der Waals surface area (Å²) in [5.41, 5.74) is 4.38. The highest BCUT2D eigenvalue weighted by atomic mass is 32.2. The van der Waals surface area contributed by atoms with Crippen LogP contribution < -0.4 is 16.6 Å². The Labute approximate surface area is 110 Å². The molecule has 2 rings (SSSR count). The fraction of sp³-hybridized carbons (Fsp3) is 0.167. The van der Waals surface area contributed by atoms with Crippen molar-refractivity contribution in [2.75, 3.05) is 17.0 Å². The number of thioether (sulfide) groups is 1. The summed E-state index contributed by atoms with van der Waals surface area (Å²) in [7, 11) is 0. The molecule has 0 saturated heterocycles. The van der Waals surface area contributed by atoms with Gasteiger partial charge in [0, 0.05) is 22.3 Å². The largest absolute Gasteiger partial charge is 0.340 e. The minimum absolute atomic E-state index is 0.392. The molecular weight excluding hydrogens is 246 g/mol. The van der Waals surface area contributed by atoms with Gasteiger partial charge in [-0.15, -0.1) is 11.8 Å². The van der Waals surface area contributed by atoms with Crippen LogP contribution in [-0.2, 0) is 0 Å². The van der Waals surface area contributed by atoms with Crippen LogP contribution in [0.3, 0.4) is 0 Å². The molecule has 0 radical (unpaired) electrons. The van der Waals surface area contributed by atoms with E-state index in [0.29, 0.717) is 5.95 Å². The number of hydrogen-bond acceptors (Lipinski definition) is 6. The zero-order chi connectivity index (χ0) is 13.0. The van der Waals surface area contributed by atoms with Gasteiger partial charge in [-0.2, -0.15) is 4.98 Å². The van der Waals surface area contributed by atoms with Crippen molar-refractivity contribution >= 4 is 29.2 Å². The van der Waals surface area contributed by atoms with Crippen LogP contribution in [0.2, 0.25) is 0 Å². The number of nitrogen functional groups attached to an aromatic ring is 1. The third-order valence-corrected chi connectivity index (χ3v) is 3.20. The average Bonchev–Trinajstić information content (AvgIpc) is 2.42. The number of nitrogens with one attached hydrogen (secondary N) is 2. The Morgan fingerprint density at radius 3 is 2.56 bits per heavy atom. The van der Waals surface area contributed by atoms with E-state index in [4.69, 9.17) is 5.84 Å². The van der Waals surface area contributed by atoms with Crippen molar-refractivity contribution in [3.8, 4) is 0 Å². The van der Waals surface area contributed by atoms with E-state index in [-0.39, 0.29) is 0 Å². The van der Waals surface area contributed by atoms with Crippen LogP contribution in [0, 0.1) is 6.92 Å². The zero-order valence-corrected chi connectivity index (χ0v) is 11.1. The Hall–Kier alpha value is -1.79. The number of hydrazine groups is 1. The van der Waals surface area contributed by atoms with Crippen LogP contribution >= 0.6 is 11.8 Å². The van der Waals surface area contributed by atoms with Gasteiger partial charge in [-0.05, 0) is 37.4 Å². The topological polar surface area (TPSA) is 75.9 Å². The second-order valence-electron chi connectivity index (χ2n) is 3.72. The van der Waals surface area contributed by atoms with Gasteiger partial charge >= 0.3 is 0 Å². The second-order valence-corrected chi connectivity index (χ2v) is 4.60. The standard InChI is InChI=1S/C12H15N5S/c1-8-7-14-12(17-13)16-11(8)15-9-3-5-10(18-2)6-4-9/h3-7H,13H2,1-2H3,(H2,14,15,16,17). The fourth-order valence-corrected chi connectivity index (χ4v) is 1.86. The van der Waals surface area contributed by atoms with Gasteiger partial charge in [-0.25, -0.2) is 10.8 Å². The molecule has 0 atom stereocenters. The number of nitrogens with zero attached hydrogens (tertiary/aromatic N) is 2.